The Bertz CT molecular complexity index is 547. The number of amidine groups is 1. The van der Waals surface area contributed by atoms with E-state index in [1.165, 1.54) is 16.0 Å². The summed E-state index contributed by atoms with van der Waals surface area (Å²) in [5.41, 5.74) is 8.73. The molecule has 2 nitrogen and oxygen atoms in total. The molecule has 0 saturated heterocycles. The molecule has 18 heavy (non-hydrogen) atoms. The third kappa shape index (κ3) is 3.37. The van der Waals surface area contributed by atoms with Gasteiger partial charge in [0.05, 0.1) is 0 Å². The second-order valence-electron chi connectivity index (χ2n) is 4.22. The van der Waals surface area contributed by atoms with Crippen LogP contribution < -0.4 is 5.73 Å². The van der Waals surface area contributed by atoms with Crippen LogP contribution in [0, 0.1) is 12.3 Å². The quantitative estimate of drug-likeness (QED) is 0.499. The number of nitrogens with two attached hydrogens (primary N) is 1. The third-order valence-electron chi connectivity index (χ3n) is 2.66. The molecule has 92 valence electrons. The number of thioether (sulfide) groups is 1. The highest BCUT2D eigenvalue weighted by Gasteiger charge is 1.99. The van der Waals surface area contributed by atoms with E-state index < -0.39 is 0 Å². The van der Waals surface area contributed by atoms with Crippen LogP contribution in [0.15, 0.2) is 53.4 Å². The Kier molecular flexibility index (Phi) is 4.05. The van der Waals surface area contributed by atoms with Crippen molar-refractivity contribution >= 4 is 17.6 Å². The molecule has 0 unspecified atom stereocenters. The fourth-order valence-corrected chi connectivity index (χ4v) is 2.62. The lowest BCUT2D eigenvalue weighted by Crippen LogP contribution is -2.10. The van der Waals surface area contributed by atoms with Crippen LogP contribution in [0.3, 0.4) is 0 Å². The molecule has 0 radical (unpaired) electrons. The molecule has 0 aliphatic carbocycles. The van der Waals surface area contributed by atoms with Crippen molar-refractivity contribution in [3.05, 3.63) is 65.2 Å². The monoisotopic (exact) mass is 256 g/mol. The lowest BCUT2D eigenvalue weighted by molar-refractivity contribution is 1.33. The highest BCUT2D eigenvalue weighted by atomic mass is 32.2. The van der Waals surface area contributed by atoms with Gasteiger partial charge in [-0.2, -0.15) is 0 Å². The smallest absolute Gasteiger partial charge is 0.122 e. The van der Waals surface area contributed by atoms with Crippen molar-refractivity contribution in [1.29, 1.82) is 5.41 Å². The lowest BCUT2D eigenvalue weighted by atomic mass is 10.1. The standard InChI is InChI=1S/C15H16N2S/c1-11-3-2-4-14(9-11)18-10-12-5-7-13(8-6-12)15(16)17/h2-9H,10H2,1H3,(H3,16,17). The zero-order valence-corrected chi connectivity index (χ0v) is 11.1. The summed E-state index contributed by atoms with van der Waals surface area (Å²) in [6.45, 7) is 2.10. The number of hydrogen-bond donors (Lipinski definition) is 2. The van der Waals surface area contributed by atoms with Crippen LogP contribution in [-0.2, 0) is 5.75 Å². The molecule has 2 aromatic rings. The van der Waals surface area contributed by atoms with Gasteiger partial charge in [-0.05, 0) is 24.6 Å². The minimum Gasteiger partial charge on any atom is -0.384 e. The van der Waals surface area contributed by atoms with Crippen LogP contribution in [0.1, 0.15) is 16.7 Å². The van der Waals surface area contributed by atoms with E-state index in [1.807, 2.05) is 36.0 Å². The largest absolute Gasteiger partial charge is 0.384 e. The Labute approximate surface area is 112 Å². The number of rotatable bonds is 4. The van der Waals surface area contributed by atoms with Crippen LogP contribution in [0.25, 0.3) is 0 Å². The lowest BCUT2D eigenvalue weighted by Gasteiger charge is -2.04. The fraction of sp³-hybridized carbons (Fsp3) is 0.133. The van der Waals surface area contributed by atoms with Crippen LogP contribution >= 0.6 is 11.8 Å². The summed E-state index contributed by atoms with van der Waals surface area (Å²) in [6.07, 6.45) is 0. The second-order valence-corrected chi connectivity index (χ2v) is 5.26. The Morgan fingerprint density at radius 1 is 1.17 bits per heavy atom. The van der Waals surface area contributed by atoms with E-state index in [4.69, 9.17) is 11.1 Å². The first-order chi connectivity index (χ1) is 8.65. The van der Waals surface area contributed by atoms with Gasteiger partial charge in [0.2, 0.25) is 0 Å². The molecule has 0 spiro atoms. The third-order valence-corrected chi connectivity index (χ3v) is 3.72. The summed E-state index contributed by atoms with van der Waals surface area (Å²) in [4.78, 5) is 1.28. The van der Waals surface area contributed by atoms with Crippen molar-refractivity contribution in [2.75, 3.05) is 0 Å². The zero-order valence-electron chi connectivity index (χ0n) is 10.3. The zero-order chi connectivity index (χ0) is 13.0. The molecular weight excluding hydrogens is 240 g/mol. The van der Waals surface area contributed by atoms with Gasteiger partial charge in [0.25, 0.3) is 0 Å². The fourth-order valence-electron chi connectivity index (χ4n) is 1.65. The van der Waals surface area contributed by atoms with Gasteiger partial charge in [0.1, 0.15) is 5.84 Å². The van der Waals surface area contributed by atoms with E-state index in [2.05, 4.69) is 31.2 Å². The van der Waals surface area contributed by atoms with Crippen LogP contribution in [0.4, 0.5) is 0 Å². The molecule has 3 heteroatoms. The van der Waals surface area contributed by atoms with Gasteiger partial charge in [-0.25, -0.2) is 0 Å². The number of aryl methyl sites for hydroxylation is 1. The van der Waals surface area contributed by atoms with Crippen LogP contribution in [0.5, 0.6) is 0 Å². The van der Waals surface area contributed by atoms with E-state index in [9.17, 15) is 0 Å². The summed E-state index contributed by atoms with van der Waals surface area (Å²) in [6, 6.07) is 16.3. The maximum Gasteiger partial charge on any atom is 0.122 e. The van der Waals surface area contributed by atoms with Crippen LogP contribution in [-0.4, -0.2) is 5.84 Å². The maximum atomic E-state index is 7.34. The molecule has 0 aliphatic heterocycles. The van der Waals surface area contributed by atoms with E-state index in [0.717, 1.165) is 11.3 Å². The van der Waals surface area contributed by atoms with E-state index in [0.29, 0.717) is 0 Å². The van der Waals surface area contributed by atoms with Gasteiger partial charge in [-0.15, -0.1) is 11.8 Å². The Morgan fingerprint density at radius 2 is 1.89 bits per heavy atom. The first-order valence-corrected chi connectivity index (χ1v) is 6.76. The van der Waals surface area contributed by atoms with Crippen molar-refractivity contribution in [3.8, 4) is 0 Å². The first kappa shape index (κ1) is 12.7. The molecule has 0 heterocycles. The molecule has 0 aliphatic rings. The van der Waals surface area contributed by atoms with Crippen molar-refractivity contribution in [1.82, 2.24) is 0 Å². The van der Waals surface area contributed by atoms with E-state index in [1.54, 1.807) is 0 Å². The van der Waals surface area contributed by atoms with Crippen LogP contribution in [0.2, 0.25) is 0 Å². The molecule has 2 aromatic carbocycles. The SMILES string of the molecule is Cc1cccc(SCc2ccc(C(=N)N)cc2)c1. The average molecular weight is 256 g/mol. The predicted molar refractivity (Wildman–Crippen MR) is 78.2 cm³/mol. The molecule has 0 bridgehead atoms. The van der Waals surface area contributed by atoms with Crippen molar-refractivity contribution in [3.63, 3.8) is 0 Å². The first-order valence-electron chi connectivity index (χ1n) is 5.78. The van der Waals surface area contributed by atoms with E-state index in [-0.39, 0.29) is 5.84 Å². The second kappa shape index (κ2) is 5.74. The normalized spacial score (nSPS) is 10.3. The molecule has 0 atom stereocenters. The van der Waals surface area contributed by atoms with Crippen molar-refractivity contribution < 1.29 is 0 Å². The topological polar surface area (TPSA) is 49.9 Å². The predicted octanol–water partition coefficient (Wildman–Crippen LogP) is 3.57. The molecule has 0 fully saturated rings. The number of hydrogen-bond acceptors (Lipinski definition) is 2. The number of benzene rings is 2. The number of nitrogens with one attached hydrogen (secondary N) is 1. The Balaban J connectivity index is 2.00. The minimum absolute atomic E-state index is 0.118. The molecule has 0 saturated carbocycles. The van der Waals surface area contributed by atoms with Crippen molar-refractivity contribution in [2.24, 2.45) is 5.73 Å². The minimum atomic E-state index is 0.118. The van der Waals surface area contributed by atoms with Gasteiger partial charge >= 0.3 is 0 Å². The van der Waals surface area contributed by atoms with Gasteiger partial charge in [0.15, 0.2) is 0 Å². The highest BCUT2D eigenvalue weighted by molar-refractivity contribution is 7.98. The molecule has 2 rings (SSSR count). The Morgan fingerprint density at radius 3 is 2.50 bits per heavy atom. The average Bonchev–Trinajstić information content (AvgIpc) is 2.37. The molecular formula is C15H16N2S. The van der Waals surface area contributed by atoms with Gasteiger partial charge in [-0.1, -0.05) is 42.0 Å². The maximum absolute atomic E-state index is 7.34. The van der Waals surface area contributed by atoms with Crippen molar-refractivity contribution in [2.45, 2.75) is 17.6 Å². The van der Waals surface area contributed by atoms with Gasteiger partial charge in [0, 0.05) is 16.2 Å². The molecule has 0 aromatic heterocycles. The summed E-state index contributed by atoms with van der Waals surface area (Å²) >= 11 is 1.82. The summed E-state index contributed by atoms with van der Waals surface area (Å²) in [5.74, 6) is 1.05. The summed E-state index contributed by atoms with van der Waals surface area (Å²) in [5, 5.41) is 7.34. The summed E-state index contributed by atoms with van der Waals surface area (Å²) < 4.78 is 0. The summed E-state index contributed by atoms with van der Waals surface area (Å²) in [7, 11) is 0. The van der Waals surface area contributed by atoms with E-state index >= 15 is 0 Å². The number of nitrogen functional groups attached to an aromatic ring is 1. The van der Waals surface area contributed by atoms with Gasteiger partial charge in [-0.3, -0.25) is 5.41 Å². The highest BCUT2D eigenvalue weighted by Crippen LogP contribution is 2.23. The molecule has 3 N–H and O–H groups in total. The Hall–Kier alpha value is -1.74. The van der Waals surface area contributed by atoms with Gasteiger partial charge < -0.3 is 5.73 Å². The molecule has 0 amide bonds.